The Morgan fingerprint density at radius 1 is 1.09 bits per heavy atom. The van der Waals surface area contributed by atoms with E-state index in [2.05, 4.69) is 10.9 Å². The molecule has 3 aromatic rings. The Morgan fingerprint density at radius 3 is 2.69 bits per heavy atom. The molecule has 2 atom stereocenters. The Labute approximate surface area is 190 Å². The van der Waals surface area contributed by atoms with E-state index in [9.17, 15) is 14.4 Å². The molecule has 32 heavy (non-hydrogen) atoms. The van der Waals surface area contributed by atoms with Gasteiger partial charge in [-0.1, -0.05) is 36.4 Å². The van der Waals surface area contributed by atoms with E-state index in [0.29, 0.717) is 18.7 Å². The minimum atomic E-state index is -0.809. The number of thiophene rings is 1. The Balaban J connectivity index is 1.29. The summed E-state index contributed by atoms with van der Waals surface area (Å²) in [4.78, 5) is 40.2. The lowest BCUT2D eigenvalue weighted by Crippen LogP contribution is -2.53. The van der Waals surface area contributed by atoms with Gasteiger partial charge in [-0.25, -0.2) is 0 Å². The normalized spacial score (nSPS) is 16.5. The number of benzene rings is 2. The number of carbonyl (C=O) groups is 3. The number of fused-ring (bicyclic) bond motifs is 1. The number of hydrazine groups is 1. The van der Waals surface area contributed by atoms with Crippen molar-refractivity contribution in [3.05, 3.63) is 64.9 Å². The van der Waals surface area contributed by atoms with Crippen LogP contribution in [0.15, 0.2) is 60.0 Å². The molecule has 4 rings (SSSR count). The third-order valence-corrected chi connectivity index (χ3v) is 6.37. The second kappa shape index (κ2) is 9.82. The van der Waals surface area contributed by atoms with Gasteiger partial charge >= 0.3 is 0 Å². The summed E-state index contributed by atoms with van der Waals surface area (Å²) in [6.45, 7) is 2.15. The summed E-state index contributed by atoms with van der Waals surface area (Å²) in [5, 5.41) is 4.02. The minimum Gasteiger partial charge on any atom is -0.481 e. The van der Waals surface area contributed by atoms with Crippen molar-refractivity contribution in [3.63, 3.8) is 0 Å². The van der Waals surface area contributed by atoms with Crippen LogP contribution in [0.1, 0.15) is 24.6 Å². The van der Waals surface area contributed by atoms with Crippen LogP contribution in [0.5, 0.6) is 5.75 Å². The van der Waals surface area contributed by atoms with Gasteiger partial charge in [-0.2, -0.15) is 0 Å². The maximum atomic E-state index is 12.6. The lowest BCUT2D eigenvalue weighted by atomic mass is 10.1. The molecular formula is C24H25N3O4S. The lowest BCUT2D eigenvalue weighted by Gasteiger charge is -2.24. The predicted octanol–water partition coefficient (Wildman–Crippen LogP) is 3.05. The maximum absolute atomic E-state index is 12.6. The Hall–Kier alpha value is -3.39. The summed E-state index contributed by atoms with van der Waals surface area (Å²) >= 11 is 1.52. The molecule has 1 aliphatic heterocycles. The molecule has 0 saturated carbocycles. The van der Waals surface area contributed by atoms with Crippen molar-refractivity contribution in [2.45, 2.75) is 38.3 Å². The van der Waals surface area contributed by atoms with Gasteiger partial charge in [-0.05, 0) is 54.1 Å². The summed E-state index contributed by atoms with van der Waals surface area (Å²) in [7, 11) is 0. The molecule has 2 unspecified atom stereocenters. The fourth-order valence-corrected chi connectivity index (χ4v) is 4.50. The maximum Gasteiger partial charge on any atom is 0.279 e. The number of hydrogen-bond acceptors (Lipinski definition) is 5. The quantitative estimate of drug-likeness (QED) is 0.564. The molecule has 1 aliphatic rings. The number of rotatable bonds is 6. The average molecular weight is 452 g/mol. The summed E-state index contributed by atoms with van der Waals surface area (Å²) in [6.07, 6.45) is 0.798. The molecule has 0 radical (unpaired) electrons. The van der Waals surface area contributed by atoms with Gasteiger partial charge in [-0.3, -0.25) is 25.2 Å². The molecule has 166 valence electrons. The van der Waals surface area contributed by atoms with E-state index >= 15 is 0 Å². The third-order valence-electron chi connectivity index (χ3n) is 5.49. The minimum absolute atomic E-state index is 0.0792. The van der Waals surface area contributed by atoms with Crippen molar-refractivity contribution in [2.75, 3.05) is 6.54 Å². The van der Waals surface area contributed by atoms with Crippen LogP contribution in [-0.2, 0) is 20.8 Å². The average Bonchev–Trinajstić information content (AvgIpc) is 3.49. The molecular weight excluding hydrogens is 426 g/mol. The molecule has 1 fully saturated rings. The van der Waals surface area contributed by atoms with Gasteiger partial charge < -0.3 is 9.64 Å². The first-order valence-corrected chi connectivity index (χ1v) is 11.5. The van der Waals surface area contributed by atoms with Crippen molar-refractivity contribution < 1.29 is 19.1 Å². The molecule has 2 aromatic carbocycles. The second-order valence-corrected chi connectivity index (χ2v) is 8.78. The zero-order valence-electron chi connectivity index (χ0n) is 17.7. The highest BCUT2D eigenvalue weighted by molar-refractivity contribution is 7.10. The first kappa shape index (κ1) is 21.8. The Morgan fingerprint density at radius 2 is 1.91 bits per heavy atom. The highest BCUT2D eigenvalue weighted by atomic mass is 32.1. The van der Waals surface area contributed by atoms with Crippen LogP contribution in [0.4, 0.5) is 0 Å². The number of amides is 3. The number of hydrogen-bond donors (Lipinski definition) is 2. The zero-order chi connectivity index (χ0) is 22.5. The van der Waals surface area contributed by atoms with Crippen molar-refractivity contribution in [1.29, 1.82) is 0 Å². The highest BCUT2D eigenvalue weighted by Gasteiger charge is 2.34. The SMILES string of the molecule is CC(Oc1ccc2ccccc2c1)C(=O)NNC(=O)C1CCCN1C(=O)Cc1cccs1. The van der Waals surface area contributed by atoms with Crippen molar-refractivity contribution >= 4 is 39.8 Å². The molecule has 2 N–H and O–H groups in total. The monoisotopic (exact) mass is 451 g/mol. The van der Waals surface area contributed by atoms with E-state index in [1.54, 1.807) is 17.9 Å². The largest absolute Gasteiger partial charge is 0.481 e. The summed E-state index contributed by atoms with van der Waals surface area (Å²) in [6, 6.07) is 16.7. The number of carbonyl (C=O) groups excluding carboxylic acids is 3. The van der Waals surface area contributed by atoms with Gasteiger partial charge in [0.25, 0.3) is 11.8 Å². The summed E-state index contributed by atoms with van der Waals surface area (Å²) in [5.41, 5.74) is 4.88. The lowest BCUT2D eigenvalue weighted by molar-refractivity contribution is -0.139. The van der Waals surface area contributed by atoms with E-state index in [4.69, 9.17) is 4.74 Å². The second-order valence-electron chi connectivity index (χ2n) is 7.75. The first-order chi connectivity index (χ1) is 15.5. The highest BCUT2D eigenvalue weighted by Crippen LogP contribution is 2.22. The molecule has 0 aliphatic carbocycles. The molecule has 1 aromatic heterocycles. The molecule has 2 heterocycles. The van der Waals surface area contributed by atoms with Crippen LogP contribution in [-0.4, -0.2) is 41.3 Å². The molecule has 7 nitrogen and oxygen atoms in total. The Kier molecular flexibility index (Phi) is 6.70. The van der Waals surface area contributed by atoms with E-state index in [1.807, 2.05) is 53.9 Å². The van der Waals surface area contributed by atoms with Crippen LogP contribution in [0.3, 0.4) is 0 Å². The smallest absolute Gasteiger partial charge is 0.279 e. The van der Waals surface area contributed by atoms with Gasteiger partial charge in [0.15, 0.2) is 6.10 Å². The predicted molar refractivity (Wildman–Crippen MR) is 123 cm³/mol. The van der Waals surface area contributed by atoms with Crippen LogP contribution in [0.25, 0.3) is 10.8 Å². The Bertz CT molecular complexity index is 1120. The number of nitrogens with zero attached hydrogens (tertiary/aromatic N) is 1. The topological polar surface area (TPSA) is 87.7 Å². The molecule has 3 amide bonds. The van der Waals surface area contributed by atoms with Crippen molar-refractivity contribution in [2.24, 2.45) is 0 Å². The molecule has 0 spiro atoms. The fraction of sp³-hybridized carbons (Fsp3) is 0.292. The van der Waals surface area contributed by atoms with Crippen LogP contribution in [0, 0.1) is 0 Å². The van der Waals surface area contributed by atoms with Gasteiger partial charge in [0.05, 0.1) is 6.42 Å². The van der Waals surface area contributed by atoms with E-state index < -0.39 is 24.0 Å². The molecule has 8 heteroatoms. The molecule has 1 saturated heterocycles. The van der Waals surface area contributed by atoms with Crippen molar-refractivity contribution in [3.8, 4) is 5.75 Å². The van der Waals surface area contributed by atoms with E-state index in [1.165, 1.54) is 11.3 Å². The fourth-order valence-electron chi connectivity index (χ4n) is 3.81. The van der Waals surface area contributed by atoms with E-state index in [-0.39, 0.29) is 12.3 Å². The number of ether oxygens (including phenoxy) is 1. The van der Waals surface area contributed by atoms with Gasteiger partial charge in [0.2, 0.25) is 5.91 Å². The van der Waals surface area contributed by atoms with Gasteiger partial charge in [0.1, 0.15) is 11.8 Å². The zero-order valence-corrected chi connectivity index (χ0v) is 18.6. The molecule has 0 bridgehead atoms. The van der Waals surface area contributed by atoms with Crippen LogP contribution in [0.2, 0.25) is 0 Å². The first-order valence-electron chi connectivity index (χ1n) is 10.6. The number of nitrogens with one attached hydrogen (secondary N) is 2. The summed E-state index contributed by atoms with van der Waals surface area (Å²) < 4.78 is 5.73. The summed E-state index contributed by atoms with van der Waals surface area (Å²) in [5.74, 6) is -0.377. The van der Waals surface area contributed by atoms with Gasteiger partial charge in [-0.15, -0.1) is 11.3 Å². The van der Waals surface area contributed by atoms with Crippen LogP contribution >= 0.6 is 11.3 Å². The third kappa shape index (κ3) is 5.08. The van der Waals surface area contributed by atoms with E-state index in [0.717, 1.165) is 22.1 Å². The van der Waals surface area contributed by atoms with Crippen LogP contribution < -0.4 is 15.6 Å². The van der Waals surface area contributed by atoms with Crippen molar-refractivity contribution in [1.82, 2.24) is 15.8 Å². The number of likely N-dealkylation sites (tertiary alicyclic amines) is 1. The standard InChI is InChI=1S/C24H25N3O4S/c1-16(31-19-11-10-17-6-2-3-7-18(17)14-19)23(29)25-26-24(30)21-9-4-12-27(21)22(28)15-20-8-5-13-32-20/h2-3,5-8,10-11,13-14,16,21H,4,9,12,15H2,1H3,(H,25,29)(H,26,30). The van der Waals surface area contributed by atoms with Gasteiger partial charge in [0, 0.05) is 11.4 Å².